The Morgan fingerprint density at radius 1 is 1.39 bits per heavy atom. The van der Waals surface area contributed by atoms with Gasteiger partial charge in [0.2, 0.25) is 0 Å². The topological polar surface area (TPSA) is 47.0 Å². The van der Waals surface area contributed by atoms with Crippen molar-refractivity contribution in [3.05, 3.63) is 6.33 Å². The molecule has 0 saturated heterocycles. The van der Waals surface area contributed by atoms with Crippen LogP contribution in [0.15, 0.2) is 11.4 Å². The smallest absolute Gasteiger partial charge is 0.193 e. The second kappa shape index (κ2) is 6.27. The number of hydrogen-bond donors (Lipinski definition) is 1. The van der Waals surface area contributed by atoms with Gasteiger partial charge in [-0.2, -0.15) is 0 Å². The Morgan fingerprint density at radius 3 is 2.89 bits per heavy atom. The van der Waals surface area contributed by atoms with Crippen molar-refractivity contribution in [2.45, 2.75) is 42.9 Å². The lowest BCUT2D eigenvalue weighted by molar-refractivity contribution is 0.390. The van der Waals surface area contributed by atoms with Gasteiger partial charge in [0.15, 0.2) is 11.6 Å². The highest BCUT2D eigenvalue weighted by Crippen LogP contribution is 2.40. The molecule has 2 atom stereocenters. The molecular weight excluding hydrogens is 246 g/mol. The minimum absolute atomic E-state index is 0.655. The summed E-state index contributed by atoms with van der Waals surface area (Å²) in [6, 6.07) is 0. The first-order valence-electron chi connectivity index (χ1n) is 6.48. The lowest BCUT2D eigenvalue weighted by Gasteiger charge is -2.26. The molecule has 1 fully saturated rings. The van der Waals surface area contributed by atoms with Crippen molar-refractivity contribution in [3.63, 3.8) is 0 Å². The van der Waals surface area contributed by atoms with Crippen LogP contribution in [0.2, 0.25) is 0 Å². The number of rotatable bonds is 4. The van der Waals surface area contributed by atoms with Crippen LogP contribution in [0, 0.1) is 5.92 Å². The molecule has 1 aromatic rings. The van der Waals surface area contributed by atoms with Gasteiger partial charge in [0.05, 0.1) is 7.11 Å². The molecule has 1 aliphatic rings. The fourth-order valence-electron chi connectivity index (χ4n) is 2.45. The molecule has 0 aromatic carbocycles. The number of aromatic nitrogens is 2. The predicted molar refractivity (Wildman–Crippen MR) is 75.4 cm³/mol. The molecule has 0 bridgehead atoms. The lowest BCUT2D eigenvalue weighted by atomic mass is 9.91. The summed E-state index contributed by atoms with van der Waals surface area (Å²) in [5.41, 5.74) is 0. The number of anilines is 1. The number of methoxy groups -OCH3 is 1. The second-order valence-electron chi connectivity index (χ2n) is 4.82. The Morgan fingerprint density at radius 2 is 2.22 bits per heavy atom. The van der Waals surface area contributed by atoms with E-state index in [1.807, 2.05) is 18.8 Å². The first-order valence-corrected chi connectivity index (χ1v) is 7.36. The summed E-state index contributed by atoms with van der Waals surface area (Å²) in [5, 5.41) is 4.65. The van der Waals surface area contributed by atoms with Crippen LogP contribution in [0.3, 0.4) is 0 Å². The molecule has 100 valence electrons. The van der Waals surface area contributed by atoms with E-state index < -0.39 is 0 Å². The van der Waals surface area contributed by atoms with E-state index in [4.69, 9.17) is 4.74 Å². The van der Waals surface area contributed by atoms with E-state index in [-0.39, 0.29) is 0 Å². The maximum absolute atomic E-state index is 5.43. The maximum atomic E-state index is 5.43. The predicted octanol–water partition coefficient (Wildman–Crippen LogP) is 3.20. The summed E-state index contributed by atoms with van der Waals surface area (Å²) in [6.45, 7) is 2.34. The third-order valence-electron chi connectivity index (χ3n) is 3.38. The summed E-state index contributed by atoms with van der Waals surface area (Å²) in [4.78, 5) is 8.54. The normalized spacial score (nSPS) is 23.7. The standard InChI is InChI=1S/C13H21N3OS/c1-9-5-4-6-10(7-9)18-13-11(17-3)12(14-2)15-8-16-13/h8-10H,4-7H2,1-3H3,(H,14,15,16). The van der Waals surface area contributed by atoms with Crippen molar-refractivity contribution >= 4 is 17.6 Å². The summed E-state index contributed by atoms with van der Waals surface area (Å²) >= 11 is 1.83. The molecule has 0 aliphatic heterocycles. The molecule has 4 nitrogen and oxygen atoms in total. The first-order chi connectivity index (χ1) is 8.74. The summed E-state index contributed by atoms with van der Waals surface area (Å²) < 4.78 is 5.43. The fraction of sp³-hybridized carbons (Fsp3) is 0.692. The average molecular weight is 267 g/mol. The van der Waals surface area contributed by atoms with E-state index in [0.717, 1.165) is 22.5 Å². The molecular formula is C13H21N3OS. The van der Waals surface area contributed by atoms with Gasteiger partial charge in [-0.25, -0.2) is 9.97 Å². The first kappa shape index (κ1) is 13.5. The van der Waals surface area contributed by atoms with Gasteiger partial charge in [0.25, 0.3) is 0 Å². The quantitative estimate of drug-likeness (QED) is 0.849. The molecule has 1 aromatic heterocycles. The Labute approximate surface area is 113 Å². The second-order valence-corrected chi connectivity index (χ2v) is 6.11. The van der Waals surface area contributed by atoms with Gasteiger partial charge in [-0.3, -0.25) is 0 Å². The molecule has 1 N–H and O–H groups in total. The Balaban J connectivity index is 2.12. The molecule has 5 heteroatoms. The van der Waals surface area contributed by atoms with Crippen LogP contribution in [0.25, 0.3) is 0 Å². The van der Waals surface area contributed by atoms with E-state index in [0.29, 0.717) is 5.25 Å². The van der Waals surface area contributed by atoms with Gasteiger partial charge in [-0.1, -0.05) is 31.5 Å². The fourth-order valence-corrected chi connectivity index (χ4v) is 3.87. The lowest BCUT2D eigenvalue weighted by Crippen LogP contribution is -2.15. The van der Waals surface area contributed by atoms with E-state index in [9.17, 15) is 0 Å². The number of hydrogen-bond acceptors (Lipinski definition) is 5. The van der Waals surface area contributed by atoms with E-state index in [2.05, 4.69) is 22.2 Å². The van der Waals surface area contributed by atoms with Crippen LogP contribution in [0.4, 0.5) is 5.82 Å². The monoisotopic (exact) mass is 267 g/mol. The van der Waals surface area contributed by atoms with Gasteiger partial charge in [-0.15, -0.1) is 0 Å². The Hall–Kier alpha value is -0.970. The van der Waals surface area contributed by atoms with Crippen LogP contribution < -0.4 is 10.1 Å². The highest BCUT2D eigenvalue weighted by molar-refractivity contribution is 8.00. The van der Waals surface area contributed by atoms with Gasteiger partial charge >= 0.3 is 0 Å². The Bertz CT molecular complexity index is 400. The van der Waals surface area contributed by atoms with Gasteiger partial charge in [0, 0.05) is 12.3 Å². The molecule has 0 spiro atoms. The van der Waals surface area contributed by atoms with E-state index >= 15 is 0 Å². The summed E-state index contributed by atoms with van der Waals surface area (Å²) in [7, 11) is 3.52. The van der Waals surface area contributed by atoms with Crippen molar-refractivity contribution in [3.8, 4) is 5.75 Å². The van der Waals surface area contributed by atoms with Crippen LogP contribution in [-0.4, -0.2) is 29.4 Å². The third-order valence-corrected chi connectivity index (χ3v) is 4.65. The number of thioether (sulfide) groups is 1. The third kappa shape index (κ3) is 3.07. The van der Waals surface area contributed by atoms with Crippen LogP contribution in [0.5, 0.6) is 5.75 Å². The number of ether oxygens (including phenoxy) is 1. The van der Waals surface area contributed by atoms with Gasteiger partial charge < -0.3 is 10.1 Å². The summed E-state index contributed by atoms with van der Waals surface area (Å²) in [5.74, 6) is 2.36. The van der Waals surface area contributed by atoms with E-state index in [1.54, 1.807) is 13.4 Å². The number of nitrogens with zero attached hydrogens (tertiary/aromatic N) is 2. The van der Waals surface area contributed by atoms with Crippen LogP contribution in [0.1, 0.15) is 32.6 Å². The highest BCUT2D eigenvalue weighted by Gasteiger charge is 2.22. The highest BCUT2D eigenvalue weighted by atomic mass is 32.2. The van der Waals surface area contributed by atoms with Gasteiger partial charge in [0.1, 0.15) is 11.4 Å². The molecule has 18 heavy (non-hydrogen) atoms. The van der Waals surface area contributed by atoms with E-state index in [1.165, 1.54) is 25.7 Å². The zero-order chi connectivity index (χ0) is 13.0. The van der Waals surface area contributed by atoms with Crippen molar-refractivity contribution < 1.29 is 4.74 Å². The van der Waals surface area contributed by atoms with Crippen LogP contribution in [-0.2, 0) is 0 Å². The SMILES string of the molecule is CNc1ncnc(SC2CCCC(C)C2)c1OC. The van der Waals surface area contributed by atoms with Crippen molar-refractivity contribution in [1.29, 1.82) is 0 Å². The minimum Gasteiger partial charge on any atom is -0.490 e. The van der Waals surface area contributed by atoms with Crippen molar-refractivity contribution in [2.24, 2.45) is 5.92 Å². The molecule has 0 radical (unpaired) electrons. The molecule has 2 rings (SSSR count). The van der Waals surface area contributed by atoms with Crippen LogP contribution >= 0.6 is 11.8 Å². The molecule has 0 amide bonds. The number of nitrogens with one attached hydrogen (secondary N) is 1. The zero-order valence-electron chi connectivity index (χ0n) is 11.3. The van der Waals surface area contributed by atoms with Crippen molar-refractivity contribution in [1.82, 2.24) is 9.97 Å². The molecule has 1 heterocycles. The maximum Gasteiger partial charge on any atom is 0.193 e. The van der Waals surface area contributed by atoms with Gasteiger partial charge in [-0.05, 0) is 18.8 Å². The summed E-state index contributed by atoms with van der Waals surface area (Å²) in [6.07, 6.45) is 6.83. The average Bonchev–Trinajstić information content (AvgIpc) is 2.38. The largest absolute Gasteiger partial charge is 0.490 e. The zero-order valence-corrected chi connectivity index (χ0v) is 12.1. The molecule has 2 unspecified atom stereocenters. The molecule has 1 aliphatic carbocycles. The van der Waals surface area contributed by atoms with Crippen molar-refractivity contribution in [2.75, 3.05) is 19.5 Å². The minimum atomic E-state index is 0.655. The Kier molecular flexibility index (Phi) is 4.69. The molecule has 1 saturated carbocycles.